The first-order chi connectivity index (χ1) is 15.8. The van der Waals surface area contributed by atoms with Crippen molar-refractivity contribution in [3.63, 3.8) is 0 Å². The fraction of sp³-hybridized carbons (Fsp3) is 0.167. The van der Waals surface area contributed by atoms with Crippen molar-refractivity contribution in [2.45, 2.75) is 18.4 Å². The number of sulfonamides is 1. The molecule has 0 radical (unpaired) electrons. The number of amides is 1. The van der Waals surface area contributed by atoms with Gasteiger partial charge in [0.1, 0.15) is 5.75 Å². The van der Waals surface area contributed by atoms with E-state index < -0.39 is 28.5 Å². The maximum atomic E-state index is 12.7. The third-order valence-corrected chi connectivity index (χ3v) is 6.01. The van der Waals surface area contributed by atoms with E-state index in [9.17, 15) is 18.0 Å². The molecule has 0 aromatic heterocycles. The maximum absolute atomic E-state index is 12.7. The lowest BCUT2D eigenvalue weighted by Crippen LogP contribution is -2.28. The van der Waals surface area contributed by atoms with Crippen LogP contribution in [-0.2, 0) is 26.1 Å². The number of benzene rings is 3. The summed E-state index contributed by atoms with van der Waals surface area (Å²) in [5.41, 5.74) is 2.19. The number of carbonyl (C=O) groups excluding carboxylic acids is 2. The molecule has 0 atom stereocenters. The summed E-state index contributed by atoms with van der Waals surface area (Å²) in [7, 11) is -2.34. The second kappa shape index (κ2) is 10.6. The molecule has 0 aliphatic rings. The van der Waals surface area contributed by atoms with E-state index >= 15 is 0 Å². The lowest BCUT2D eigenvalue weighted by atomic mass is 10.2. The molecule has 0 spiro atoms. The van der Waals surface area contributed by atoms with E-state index in [1.165, 1.54) is 24.3 Å². The van der Waals surface area contributed by atoms with Crippen LogP contribution in [-0.4, -0.2) is 34.0 Å². The third-order valence-electron chi connectivity index (χ3n) is 4.63. The molecule has 0 saturated heterocycles. The fourth-order valence-electron chi connectivity index (χ4n) is 2.92. The number of methoxy groups -OCH3 is 1. The standard InChI is InChI=1S/C24H24N2O6S/c1-17-5-3-7-20(13-17)26-33(29,30)22-8-4-6-19(14-22)24(28)32-16-23(27)25-15-18-9-11-21(31-2)12-10-18/h3-14,26H,15-16H2,1-2H3,(H,25,27). The van der Waals surface area contributed by atoms with Gasteiger partial charge in [-0.2, -0.15) is 0 Å². The Morgan fingerprint density at radius 2 is 1.67 bits per heavy atom. The molecule has 3 aromatic rings. The number of carbonyl (C=O) groups is 2. The van der Waals surface area contributed by atoms with E-state index in [0.29, 0.717) is 11.4 Å². The van der Waals surface area contributed by atoms with Gasteiger partial charge in [0.15, 0.2) is 6.61 Å². The highest BCUT2D eigenvalue weighted by atomic mass is 32.2. The summed E-state index contributed by atoms with van der Waals surface area (Å²) in [5.74, 6) is -0.580. The van der Waals surface area contributed by atoms with E-state index in [2.05, 4.69) is 10.0 Å². The zero-order chi connectivity index (χ0) is 23.8. The second-order valence-electron chi connectivity index (χ2n) is 7.20. The molecule has 8 nitrogen and oxygen atoms in total. The average Bonchev–Trinajstić information content (AvgIpc) is 2.81. The number of anilines is 1. The van der Waals surface area contributed by atoms with Gasteiger partial charge in [0.05, 0.1) is 17.6 Å². The van der Waals surface area contributed by atoms with Crippen molar-refractivity contribution >= 4 is 27.6 Å². The molecular weight excluding hydrogens is 444 g/mol. The summed E-state index contributed by atoms with van der Waals surface area (Å²) in [4.78, 5) is 24.3. The van der Waals surface area contributed by atoms with Gasteiger partial charge in [-0.25, -0.2) is 13.2 Å². The highest BCUT2D eigenvalue weighted by Gasteiger charge is 2.18. The molecule has 0 fully saturated rings. The van der Waals surface area contributed by atoms with Crippen LogP contribution in [0.5, 0.6) is 5.75 Å². The Bertz CT molecular complexity index is 1240. The number of rotatable bonds is 9. The van der Waals surface area contributed by atoms with Crippen molar-refractivity contribution in [1.29, 1.82) is 0 Å². The quantitative estimate of drug-likeness (QED) is 0.467. The Hall–Kier alpha value is -3.85. The molecule has 3 rings (SSSR count). The van der Waals surface area contributed by atoms with E-state index in [4.69, 9.17) is 9.47 Å². The van der Waals surface area contributed by atoms with Gasteiger partial charge in [-0.05, 0) is 60.5 Å². The van der Waals surface area contributed by atoms with Crippen molar-refractivity contribution in [1.82, 2.24) is 5.32 Å². The van der Waals surface area contributed by atoms with E-state index in [-0.39, 0.29) is 17.0 Å². The first kappa shape index (κ1) is 23.8. The van der Waals surface area contributed by atoms with Crippen LogP contribution in [0, 0.1) is 6.92 Å². The highest BCUT2D eigenvalue weighted by molar-refractivity contribution is 7.92. The van der Waals surface area contributed by atoms with E-state index in [1.807, 2.05) is 25.1 Å². The van der Waals surface area contributed by atoms with Crippen molar-refractivity contribution < 1.29 is 27.5 Å². The minimum Gasteiger partial charge on any atom is -0.497 e. The van der Waals surface area contributed by atoms with Gasteiger partial charge in [0.2, 0.25) is 0 Å². The van der Waals surface area contributed by atoms with Crippen LogP contribution in [0.2, 0.25) is 0 Å². The molecule has 0 saturated carbocycles. The maximum Gasteiger partial charge on any atom is 0.338 e. The van der Waals surface area contributed by atoms with Crippen LogP contribution in [0.1, 0.15) is 21.5 Å². The van der Waals surface area contributed by atoms with Crippen LogP contribution in [0.15, 0.2) is 77.7 Å². The van der Waals surface area contributed by atoms with Crippen LogP contribution < -0.4 is 14.8 Å². The zero-order valence-corrected chi connectivity index (χ0v) is 19.0. The van der Waals surface area contributed by atoms with Gasteiger partial charge >= 0.3 is 5.97 Å². The summed E-state index contributed by atoms with van der Waals surface area (Å²) in [6.45, 7) is 1.62. The van der Waals surface area contributed by atoms with Crippen molar-refractivity contribution in [3.8, 4) is 5.75 Å². The minimum atomic E-state index is -3.91. The molecule has 172 valence electrons. The Balaban J connectivity index is 1.56. The minimum absolute atomic E-state index is 0.0186. The summed E-state index contributed by atoms with van der Waals surface area (Å²) < 4.78 is 37.9. The number of aryl methyl sites for hydroxylation is 1. The van der Waals surface area contributed by atoms with Crippen molar-refractivity contribution in [2.75, 3.05) is 18.4 Å². The molecule has 0 heterocycles. The summed E-state index contributed by atoms with van der Waals surface area (Å²) in [6, 6.07) is 19.5. The van der Waals surface area contributed by atoms with Crippen molar-refractivity contribution in [3.05, 3.63) is 89.5 Å². The van der Waals surface area contributed by atoms with Gasteiger partial charge in [0, 0.05) is 12.2 Å². The number of hydrogen-bond donors (Lipinski definition) is 2. The Morgan fingerprint density at radius 1 is 0.939 bits per heavy atom. The number of hydrogen-bond acceptors (Lipinski definition) is 6. The molecule has 1 amide bonds. The van der Waals surface area contributed by atoms with Gasteiger partial charge in [-0.15, -0.1) is 0 Å². The zero-order valence-electron chi connectivity index (χ0n) is 18.2. The molecule has 9 heteroatoms. The molecule has 33 heavy (non-hydrogen) atoms. The molecule has 3 aromatic carbocycles. The van der Waals surface area contributed by atoms with Crippen molar-refractivity contribution in [2.24, 2.45) is 0 Å². The first-order valence-corrected chi connectivity index (χ1v) is 11.5. The fourth-order valence-corrected chi connectivity index (χ4v) is 4.02. The van der Waals surface area contributed by atoms with Gasteiger partial charge in [-0.3, -0.25) is 9.52 Å². The summed E-state index contributed by atoms with van der Waals surface area (Å²) in [5, 5.41) is 2.65. The van der Waals surface area contributed by atoms with Gasteiger partial charge in [-0.1, -0.05) is 30.3 Å². The molecule has 0 unspecified atom stereocenters. The largest absolute Gasteiger partial charge is 0.497 e. The van der Waals surface area contributed by atoms with Gasteiger partial charge in [0.25, 0.3) is 15.9 Å². The molecule has 2 N–H and O–H groups in total. The summed E-state index contributed by atoms with van der Waals surface area (Å²) in [6.07, 6.45) is 0. The molecular formula is C24H24N2O6S. The Morgan fingerprint density at radius 3 is 2.36 bits per heavy atom. The number of nitrogens with one attached hydrogen (secondary N) is 2. The normalized spacial score (nSPS) is 10.8. The van der Waals surface area contributed by atoms with Crippen LogP contribution >= 0.6 is 0 Å². The van der Waals surface area contributed by atoms with Crippen LogP contribution in [0.4, 0.5) is 5.69 Å². The van der Waals surface area contributed by atoms with Gasteiger partial charge < -0.3 is 14.8 Å². The SMILES string of the molecule is COc1ccc(CNC(=O)COC(=O)c2cccc(S(=O)(=O)Nc3cccc(C)c3)c2)cc1. The molecule has 0 bridgehead atoms. The summed E-state index contributed by atoms with van der Waals surface area (Å²) >= 11 is 0. The number of esters is 1. The van der Waals surface area contributed by atoms with E-state index in [0.717, 1.165) is 11.1 Å². The lowest BCUT2D eigenvalue weighted by molar-refractivity contribution is -0.124. The highest BCUT2D eigenvalue weighted by Crippen LogP contribution is 2.18. The monoisotopic (exact) mass is 468 g/mol. The second-order valence-corrected chi connectivity index (χ2v) is 8.89. The van der Waals surface area contributed by atoms with Crippen LogP contribution in [0.3, 0.4) is 0 Å². The molecule has 0 aliphatic heterocycles. The Kier molecular flexibility index (Phi) is 7.68. The smallest absolute Gasteiger partial charge is 0.338 e. The average molecular weight is 469 g/mol. The first-order valence-electron chi connectivity index (χ1n) is 10.0. The predicted octanol–water partition coefficient (Wildman–Crippen LogP) is 3.28. The number of ether oxygens (including phenoxy) is 2. The van der Waals surface area contributed by atoms with E-state index in [1.54, 1.807) is 37.4 Å². The third kappa shape index (κ3) is 6.81. The Labute approximate surface area is 192 Å². The van der Waals surface area contributed by atoms with Crippen LogP contribution in [0.25, 0.3) is 0 Å². The lowest BCUT2D eigenvalue weighted by Gasteiger charge is -2.10. The molecule has 0 aliphatic carbocycles. The topological polar surface area (TPSA) is 111 Å². The predicted molar refractivity (Wildman–Crippen MR) is 124 cm³/mol.